The molecule has 0 heterocycles. The summed E-state index contributed by atoms with van der Waals surface area (Å²) in [6.45, 7) is -6.14. The first-order valence-electron chi connectivity index (χ1n) is 5.20. The molecular weight excluding hydrogens is 286 g/mol. The van der Waals surface area contributed by atoms with Gasteiger partial charge in [-0.1, -0.05) is 0 Å². The molecule has 0 bridgehead atoms. The molecular formula is C9H14F6O4. The lowest BCUT2D eigenvalue weighted by Gasteiger charge is -2.31. The summed E-state index contributed by atoms with van der Waals surface area (Å²) in [5.41, 5.74) is 0. The van der Waals surface area contributed by atoms with E-state index >= 15 is 0 Å². The third kappa shape index (κ3) is 9.03. The van der Waals surface area contributed by atoms with Gasteiger partial charge in [-0.3, -0.25) is 9.47 Å². The van der Waals surface area contributed by atoms with Crippen molar-refractivity contribution in [3.05, 3.63) is 0 Å². The van der Waals surface area contributed by atoms with Gasteiger partial charge in [-0.05, 0) is 0 Å². The standard InChI is InChI=1S/C9H14F6O4/c10-1-3-16-9(17-4-2-11,18-5-7(12)13)19-6-8(14)15/h7-8H,1-6H2. The molecule has 19 heavy (non-hydrogen) atoms. The summed E-state index contributed by atoms with van der Waals surface area (Å²) in [5.74, 6) is 0. The molecule has 0 aliphatic heterocycles. The van der Waals surface area contributed by atoms with E-state index in [0.717, 1.165) is 0 Å². The highest BCUT2D eigenvalue weighted by molar-refractivity contribution is 4.48. The maximum absolute atomic E-state index is 12.0. The van der Waals surface area contributed by atoms with Gasteiger partial charge in [-0.25, -0.2) is 26.3 Å². The second-order valence-electron chi connectivity index (χ2n) is 2.98. The summed E-state index contributed by atoms with van der Waals surface area (Å²) in [6.07, 6.45) is -8.72. The van der Waals surface area contributed by atoms with Crippen molar-refractivity contribution in [1.29, 1.82) is 0 Å². The zero-order valence-electron chi connectivity index (χ0n) is 9.80. The summed E-state index contributed by atoms with van der Waals surface area (Å²) in [4.78, 5) is 0. The van der Waals surface area contributed by atoms with Crippen molar-refractivity contribution in [2.24, 2.45) is 0 Å². The lowest BCUT2D eigenvalue weighted by Crippen LogP contribution is -2.45. The lowest BCUT2D eigenvalue weighted by atomic mass is 10.7. The van der Waals surface area contributed by atoms with Crippen molar-refractivity contribution in [3.63, 3.8) is 0 Å². The van der Waals surface area contributed by atoms with Gasteiger partial charge in [-0.15, -0.1) is 0 Å². The predicted molar refractivity (Wildman–Crippen MR) is 50.5 cm³/mol. The molecule has 0 amide bonds. The van der Waals surface area contributed by atoms with Crippen molar-refractivity contribution in [2.75, 3.05) is 39.8 Å². The highest BCUT2D eigenvalue weighted by Gasteiger charge is 2.38. The Morgan fingerprint density at radius 2 is 1.05 bits per heavy atom. The molecule has 0 spiro atoms. The van der Waals surface area contributed by atoms with E-state index in [1.54, 1.807) is 0 Å². The minimum absolute atomic E-state index is 0.723. The van der Waals surface area contributed by atoms with Gasteiger partial charge >= 0.3 is 6.16 Å². The Balaban J connectivity index is 4.62. The first kappa shape index (κ1) is 18.4. The molecule has 0 radical (unpaired) electrons. The maximum atomic E-state index is 12.0. The first-order chi connectivity index (χ1) is 8.95. The van der Waals surface area contributed by atoms with Crippen LogP contribution in [0.15, 0.2) is 0 Å². The Kier molecular flexibility index (Phi) is 9.92. The Bertz CT molecular complexity index is 197. The molecule has 0 saturated heterocycles. The van der Waals surface area contributed by atoms with Crippen LogP contribution < -0.4 is 0 Å². The van der Waals surface area contributed by atoms with Gasteiger partial charge in [0.15, 0.2) is 0 Å². The van der Waals surface area contributed by atoms with E-state index < -0.39 is 58.8 Å². The summed E-state index contributed by atoms with van der Waals surface area (Å²) in [5, 5.41) is 0. The van der Waals surface area contributed by atoms with Crippen LogP contribution >= 0.6 is 0 Å². The fourth-order valence-corrected chi connectivity index (χ4v) is 0.907. The fraction of sp³-hybridized carbons (Fsp3) is 1.00. The normalized spacial score (nSPS) is 12.6. The number of hydrogen-bond acceptors (Lipinski definition) is 4. The molecule has 0 aliphatic rings. The van der Waals surface area contributed by atoms with Crippen LogP contribution in [0.5, 0.6) is 0 Å². The number of rotatable bonds is 12. The Labute approximate surface area is 105 Å². The third-order valence-corrected chi connectivity index (χ3v) is 1.48. The molecule has 0 aromatic heterocycles. The van der Waals surface area contributed by atoms with E-state index in [0.29, 0.717) is 0 Å². The molecule has 0 aliphatic carbocycles. The van der Waals surface area contributed by atoms with Gasteiger partial charge in [0.25, 0.3) is 12.9 Å². The average molecular weight is 300 g/mol. The van der Waals surface area contributed by atoms with Crippen molar-refractivity contribution >= 4 is 0 Å². The zero-order chi connectivity index (χ0) is 14.7. The van der Waals surface area contributed by atoms with Crippen molar-refractivity contribution in [1.82, 2.24) is 0 Å². The second-order valence-corrected chi connectivity index (χ2v) is 2.98. The van der Waals surface area contributed by atoms with E-state index in [9.17, 15) is 26.3 Å². The van der Waals surface area contributed by atoms with Crippen LogP contribution in [0.3, 0.4) is 0 Å². The monoisotopic (exact) mass is 300 g/mol. The smallest absolute Gasteiger partial charge is 0.301 e. The Morgan fingerprint density at radius 1 is 0.684 bits per heavy atom. The van der Waals surface area contributed by atoms with Gasteiger partial charge in [-0.2, -0.15) is 0 Å². The number of hydrogen-bond donors (Lipinski definition) is 0. The Morgan fingerprint density at radius 3 is 1.32 bits per heavy atom. The zero-order valence-corrected chi connectivity index (χ0v) is 9.80. The molecule has 0 unspecified atom stereocenters. The topological polar surface area (TPSA) is 36.9 Å². The lowest BCUT2D eigenvalue weighted by molar-refractivity contribution is -0.504. The molecule has 0 atom stereocenters. The van der Waals surface area contributed by atoms with Crippen molar-refractivity contribution in [2.45, 2.75) is 19.0 Å². The minimum atomic E-state index is -2.97. The largest absolute Gasteiger partial charge is 0.413 e. The molecule has 0 aromatic rings. The van der Waals surface area contributed by atoms with Crippen LogP contribution in [0.25, 0.3) is 0 Å². The van der Waals surface area contributed by atoms with Gasteiger partial charge < -0.3 is 9.47 Å². The highest BCUT2D eigenvalue weighted by atomic mass is 19.3. The molecule has 0 fully saturated rings. The molecule has 0 aromatic carbocycles. The van der Waals surface area contributed by atoms with Gasteiger partial charge in [0.1, 0.15) is 26.6 Å². The Hall–Kier alpha value is -0.580. The van der Waals surface area contributed by atoms with E-state index in [1.807, 2.05) is 0 Å². The second kappa shape index (κ2) is 10.2. The van der Waals surface area contributed by atoms with E-state index in [2.05, 4.69) is 18.9 Å². The van der Waals surface area contributed by atoms with Crippen molar-refractivity contribution in [3.8, 4) is 0 Å². The van der Waals surface area contributed by atoms with E-state index in [1.165, 1.54) is 0 Å². The minimum Gasteiger partial charge on any atom is -0.301 e. The van der Waals surface area contributed by atoms with Crippen molar-refractivity contribution < 1.29 is 45.3 Å². The van der Waals surface area contributed by atoms with Crippen LogP contribution in [0, 0.1) is 0 Å². The maximum Gasteiger partial charge on any atom is 0.413 e. The number of ether oxygens (including phenoxy) is 4. The number of alkyl halides is 6. The third-order valence-electron chi connectivity index (χ3n) is 1.48. The average Bonchev–Trinajstić information content (AvgIpc) is 2.37. The quantitative estimate of drug-likeness (QED) is 0.409. The fourth-order valence-electron chi connectivity index (χ4n) is 0.907. The molecule has 0 rings (SSSR count). The molecule has 0 N–H and O–H groups in total. The van der Waals surface area contributed by atoms with Crippen LogP contribution in [-0.4, -0.2) is 58.8 Å². The van der Waals surface area contributed by atoms with E-state index in [-0.39, 0.29) is 0 Å². The summed E-state index contributed by atoms with van der Waals surface area (Å²) < 4.78 is 89.8. The highest BCUT2D eigenvalue weighted by Crippen LogP contribution is 2.20. The van der Waals surface area contributed by atoms with E-state index in [4.69, 9.17) is 0 Å². The van der Waals surface area contributed by atoms with Crippen LogP contribution in [-0.2, 0) is 18.9 Å². The summed E-state index contributed by atoms with van der Waals surface area (Å²) in [7, 11) is 0. The first-order valence-corrected chi connectivity index (χ1v) is 5.20. The van der Waals surface area contributed by atoms with Gasteiger partial charge in [0.05, 0.1) is 13.2 Å². The molecule has 116 valence electrons. The van der Waals surface area contributed by atoms with Gasteiger partial charge in [0, 0.05) is 0 Å². The molecule has 0 saturated carbocycles. The van der Waals surface area contributed by atoms with Crippen LogP contribution in [0.4, 0.5) is 26.3 Å². The summed E-state index contributed by atoms with van der Waals surface area (Å²) in [6, 6.07) is 0. The number of halogens is 6. The SMILES string of the molecule is FCCOC(OCCF)(OCC(F)F)OCC(F)F. The van der Waals surface area contributed by atoms with Gasteiger partial charge in [0.2, 0.25) is 0 Å². The molecule has 4 nitrogen and oxygen atoms in total. The summed E-state index contributed by atoms with van der Waals surface area (Å²) >= 11 is 0. The van der Waals surface area contributed by atoms with Crippen LogP contribution in [0.2, 0.25) is 0 Å². The van der Waals surface area contributed by atoms with Crippen LogP contribution in [0.1, 0.15) is 0 Å². The molecule has 10 heteroatoms. The predicted octanol–water partition coefficient (Wildman–Crippen LogP) is 2.13.